The van der Waals surface area contributed by atoms with Crippen LogP contribution in [0.15, 0.2) is 11.6 Å². The van der Waals surface area contributed by atoms with E-state index >= 15 is 0 Å². The number of fused-ring (bicyclic) bond motifs is 5. The minimum absolute atomic E-state index is 0.0474. The largest absolute Gasteiger partial charge is 0.393 e. The molecule has 4 rings (SSSR count). The highest BCUT2D eigenvalue weighted by Gasteiger charge is 2.63. The van der Waals surface area contributed by atoms with Gasteiger partial charge in [0.15, 0.2) is 5.78 Å². The van der Waals surface area contributed by atoms with E-state index < -0.39 is 0 Å². The SMILES string of the molecule is CC(=O)[C@H]1CC[C@H]2[C@@H]3C[C@H](C)C4=CC(=O)CC[C@]4(C)[C@H]3[C@@H](O)C[C@@]12C. The summed E-state index contributed by atoms with van der Waals surface area (Å²) in [5.41, 5.74) is 1.19. The van der Waals surface area contributed by atoms with Crippen LogP contribution in [0.1, 0.15) is 66.2 Å². The minimum atomic E-state index is -0.361. The third-order valence-corrected chi connectivity index (χ3v) is 8.70. The highest BCUT2D eigenvalue weighted by atomic mass is 16.3. The number of aliphatic hydroxyl groups is 1. The number of allylic oxidation sites excluding steroid dienone is 1. The van der Waals surface area contributed by atoms with Gasteiger partial charge in [-0.05, 0) is 79.6 Å². The Hall–Kier alpha value is -0.960. The molecule has 0 unspecified atom stereocenters. The van der Waals surface area contributed by atoms with E-state index in [2.05, 4.69) is 20.8 Å². The summed E-state index contributed by atoms with van der Waals surface area (Å²) in [4.78, 5) is 24.3. The van der Waals surface area contributed by atoms with Gasteiger partial charge in [-0.15, -0.1) is 0 Å². The van der Waals surface area contributed by atoms with Crippen molar-refractivity contribution in [2.75, 3.05) is 0 Å². The van der Waals surface area contributed by atoms with E-state index in [0.29, 0.717) is 30.0 Å². The van der Waals surface area contributed by atoms with Crippen molar-refractivity contribution in [2.24, 2.45) is 40.4 Å². The summed E-state index contributed by atoms with van der Waals surface area (Å²) < 4.78 is 0. The van der Waals surface area contributed by atoms with Crippen LogP contribution in [0.25, 0.3) is 0 Å². The average Bonchev–Trinajstić information content (AvgIpc) is 2.85. The molecule has 1 N–H and O–H groups in total. The maximum atomic E-state index is 12.2. The van der Waals surface area contributed by atoms with Crippen LogP contribution < -0.4 is 0 Å². The second-order valence-corrected chi connectivity index (χ2v) is 9.93. The van der Waals surface area contributed by atoms with Crippen LogP contribution in [-0.4, -0.2) is 22.8 Å². The van der Waals surface area contributed by atoms with Gasteiger partial charge in [0.25, 0.3) is 0 Å². The number of Topliss-reactive ketones (excluding diaryl/α,β-unsaturated/α-hetero) is 1. The van der Waals surface area contributed by atoms with Crippen molar-refractivity contribution < 1.29 is 14.7 Å². The van der Waals surface area contributed by atoms with Crippen LogP contribution in [0.4, 0.5) is 0 Å². The molecule has 3 saturated carbocycles. The Morgan fingerprint density at radius 3 is 2.68 bits per heavy atom. The van der Waals surface area contributed by atoms with Gasteiger partial charge < -0.3 is 5.11 Å². The number of hydrogen-bond acceptors (Lipinski definition) is 3. The molecule has 0 heterocycles. The van der Waals surface area contributed by atoms with E-state index in [4.69, 9.17) is 0 Å². The van der Waals surface area contributed by atoms with Crippen molar-refractivity contribution in [3.63, 3.8) is 0 Å². The van der Waals surface area contributed by atoms with E-state index in [1.54, 1.807) is 6.92 Å². The fourth-order valence-electron chi connectivity index (χ4n) is 7.79. The zero-order chi connectivity index (χ0) is 18.1. The van der Waals surface area contributed by atoms with E-state index in [-0.39, 0.29) is 34.6 Å². The molecule has 0 aromatic rings. The second-order valence-electron chi connectivity index (χ2n) is 9.93. The Balaban J connectivity index is 1.76. The van der Waals surface area contributed by atoms with Crippen LogP contribution in [0.5, 0.6) is 0 Å². The van der Waals surface area contributed by atoms with Gasteiger partial charge in [0, 0.05) is 12.3 Å². The fourth-order valence-corrected chi connectivity index (χ4v) is 7.79. The van der Waals surface area contributed by atoms with Gasteiger partial charge in [-0.25, -0.2) is 0 Å². The Labute approximate surface area is 151 Å². The van der Waals surface area contributed by atoms with Gasteiger partial charge in [0.1, 0.15) is 5.78 Å². The summed E-state index contributed by atoms with van der Waals surface area (Å²) in [5.74, 6) is 2.33. The van der Waals surface area contributed by atoms with Crippen LogP contribution in [0, 0.1) is 40.4 Å². The maximum Gasteiger partial charge on any atom is 0.155 e. The first kappa shape index (κ1) is 17.5. The Morgan fingerprint density at radius 1 is 1.28 bits per heavy atom. The molecule has 0 spiro atoms. The first-order chi connectivity index (χ1) is 11.7. The molecule has 0 aromatic heterocycles. The molecule has 3 heteroatoms. The van der Waals surface area contributed by atoms with Gasteiger partial charge in [-0.2, -0.15) is 0 Å². The van der Waals surface area contributed by atoms with E-state index in [1.165, 1.54) is 5.57 Å². The lowest BCUT2D eigenvalue weighted by atomic mass is 9.44. The minimum Gasteiger partial charge on any atom is -0.393 e. The van der Waals surface area contributed by atoms with Gasteiger partial charge in [-0.1, -0.05) is 26.3 Å². The van der Waals surface area contributed by atoms with Crippen molar-refractivity contribution in [3.05, 3.63) is 11.6 Å². The lowest BCUT2D eigenvalue weighted by Crippen LogP contribution is -2.58. The molecule has 25 heavy (non-hydrogen) atoms. The van der Waals surface area contributed by atoms with E-state index in [0.717, 1.165) is 32.1 Å². The molecule has 0 saturated heterocycles. The molecular weight excluding hydrogens is 312 g/mol. The topological polar surface area (TPSA) is 54.4 Å². The quantitative estimate of drug-likeness (QED) is 0.784. The van der Waals surface area contributed by atoms with E-state index in [9.17, 15) is 14.7 Å². The summed E-state index contributed by atoms with van der Waals surface area (Å²) >= 11 is 0. The Morgan fingerprint density at radius 2 is 2.00 bits per heavy atom. The number of aliphatic hydroxyl groups excluding tert-OH is 1. The van der Waals surface area contributed by atoms with Crippen molar-refractivity contribution in [2.45, 2.75) is 72.3 Å². The van der Waals surface area contributed by atoms with Crippen molar-refractivity contribution in [3.8, 4) is 0 Å². The third-order valence-electron chi connectivity index (χ3n) is 8.70. The summed E-state index contributed by atoms with van der Waals surface area (Å²) in [5, 5.41) is 11.2. The molecule has 4 aliphatic rings. The summed E-state index contributed by atoms with van der Waals surface area (Å²) in [6.45, 7) is 8.55. The normalized spacial score (nSPS) is 52.0. The molecule has 4 aliphatic carbocycles. The molecule has 0 amide bonds. The molecular formula is C22H32O3. The molecule has 8 atom stereocenters. The lowest BCUT2D eigenvalue weighted by molar-refractivity contribution is -0.147. The van der Waals surface area contributed by atoms with Gasteiger partial charge in [-0.3, -0.25) is 9.59 Å². The fraction of sp³-hybridized carbons (Fsp3) is 0.818. The molecule has 0 aliphatic heterocycles. The molecule has 138 valence electrons. The monoisotopic (exact) mass is 344 g/mol. The number of carbonyl (C=O) groups is 2. The molecule has 3 fully saturated rings. The van der Waals surface area contributed by atoms with Crippen molar-refractivity contribution >= 4 is 11.6 Å². The first-order valence-corrected chi connectivity index (χ1v) is 10.1. The van der Waals surface area contributed by atoms with Gasteiger partial charge >= 0.3 is 0 Å². The number of carbonyl (C=O) groups excluding carboxylic acids is 2. The smallest absolute Gasteiger partial charge is 0.155 e. The molecule has 0 aromatic carbocycles. The van der Waals surface area contributed by atoms with Gasteiger partial charge in [0.2, 0.25) is 0 Å². The van der Waals surface area contributed by atoms with Crippen molar-refractivity contribution in [1.29, 1.82) is 0 Å². The van der Waals surface area contributed by atoms with Crippen LogP contribution in [0.2, 0.25) is 0 Å². The Kier molecular flexibility index (Phi) is 3.85. The van der Waals surface area contributed by atoms with Gasteiger partial charge in [0.05, 0.1) is 6.10 Å². The summed E-state index contributed by atoms with van der Waals surface area (Å²) in [6, 6.07) is 0. The Bertz CT molecular complexity index is 650. The van der Waals surface area contributed by atoms with Crippen LogP contribution in [0.3, 0.4) is 0 Å². The maximum absolute atomic E-state index is 12.2. The summed E-state index contributed by atoms with van der Waals surface area (Å²) in [6.07, 6.45) is 6.93. The first-order valence-electron chi connectivity index (χ1n) is 10.1. The van der Waals surface area contributed by atoms with Crippen molar-refractivity contribution in [1.82, 2.24) is 0 Å². The predicted octanol–water partition coefficient (Wildman–Crippen LogP) is 3.94. The second kappa shape index (κ2) is 5.52. The number of rotatable bonds is 1. The predicted molar refractivity (Wildman–Crippen MR) is 96.8 cm³/mol. The molecule has 0 bridgehead atoms. The molecule has 3 nitrogen and oxygen atoms in total. The van der Waals surface area contributed by atoms with E-state index in [1.807, 2.05) is 6.08 Å². The van der Waals surface area contributed by atoms with Crippen LogP contribution >= 0.6 is 0 Å². The zero-order valence-corrected chi connectivity index (χ0v) is 16.0. The highest BCUT2D eigenvalue weighted by molar-refractivity contribution is 5.91. The number of hydrogen-bond donors (Lipinski definition) is 1. The zero-order valence-electron chi connectivity index (χ0n) is 16.0. The lowest BCUT2D eigenvalue weighted by Gasteiger charge is -2.61. The summed E-state index contributed by atoms with van der Waals surface area (Å²) in [7, 11) is 0. The highest BCUT2D eigenvalue weighted by Crippen LogP contribution is 2.67. The molecule has 0 radical (unpaired) electrons. The van der Waals surface area contributed by atoms with Crippen LogP contribution in [-0.2, 0) is 9.59 Å². The third kappa shape index (κ3) is 2.27. The average molecular weight is 344 g/mol. The standard InChI is InChI=1S/C22H32O3/c1-12-9-15-17-6-5-16(13(2)23)22(17,4)11-19(25)20(15)21(3)8-7-14(24)10-18(12)21/h10,12,15-17,19-20,25H,5-9,11H2,1-4H3/t12-,15-,16+,17-,19-,20+,21-,22-/m0/s1. The number of ketones is 2.